The summed E-state index contributed by atoms with van der Waals surface area (Å²) in [6.07, 6.45) is 3.27. The second-order valence-corrected chi connectivity index (χ2v) is 5.51. The van der Waals surface area contributed by atoms with E-state index in [0.717, 1.165) is 25.7 Å². The SMILES string of the molecule is CC(=O)NNC1CCC2(CC1)CN(CC(N)=O)C2=O. The number of hydrazine groups is 1. The minimum Gasteiger partial charge on any atom is -0.368 e. The van der Waals surface area contributed by atoms with E-state index in [9.17, 15) is 14.4 Å². The van der Waals surface area contributed by atoms with E-state index < -0.39 is 5.91 Å². The average molecular weight is 268 g/mol. The van der Waals surface area contributed by atoms with E-state index in [1.165, 1.54) is 11.8 Å². The number of nitrogens with two attached hydrogens (primary N) is 1. The first-order valence-corrected chi connectivity index (χ1v) is 6.53. The summed E-state index contributed by atoms with van der Waals surface area (Å²) in [5.41, 5.74) is 10.3. The van der Waals surface area contributed by atoms with Crippen LogP contribution in [0, 0.1) is 5.41 Å². The lowest BCUT2D eigenvalue weighted by atomic mass is 9.66. The number of likely N-dealkylation sites (tertiary alicyclic amines) is 1. The monoisotopic (exact) mass is 268 g/mol. The predicted molar refractivity (Wildman–Crippen MR) is 67.4 cm³/mol. The summed E-state index contributed by atoms with van der Waals surface area (Å²) in [4.78, 5) is 35.2. The molecule has 0 unspecified atom stereocenters. The van der Waals surface area contributed by atoms with Gasteiger partial charge in [-0.05, 0) is 25.7 Å². The van der Waals surface area contributed by atoms with Crippen LogP contribution in [0.3, 0.4) is 0 Å². The Labute approximate surface area is 111 Å². The van der Waals surface area contributed by atoms with Crippen LogP contribution < -0.4 is 16.6 Å². The first-order valence-electron chi connectivity index (χ1n) is 6.53. The van der Waals surface area contributed by atoms with Gasteiger partial charge in [-0.25, -0.2) is 5.43 Å². The van der Waals surface area contributed by atoms with Crippen LogP contribution in [0.15, 0.2) is 0 Å². The van der Waals surface area contributed by atoms with Crippen molar-refractivity contribution in [1.29, 1.82) is 0 Å². The third kappa shape index (κ3) is 2.86. The molecule has 7 heteroatoms. The van der Waals surface area contributed by atoms with E-state index in [1.807, 2.05) is 0 Å². The third-order valence-corrected chi connectivity index (χ3v) is 3.98. The maximum atomic E-state index is 12.1. The van der Waals surface area contributed by atoms with Gasteiger partial charge < -0.3 is 10.6 Å². The Bertz CT molecular complexity index is 402. The molecule has 0 radical (unpaired) electrons. The number of amides is 3. The number of rotatable bonds is 4. The van der Waals surface area contributed by atoms with Crippen molar-refractivity contribution in [1.82, 2.24) is 15.8 Å². The Morgan fingerprint density at radius 3 is 2.53 bits per heavy atom. The fraction of sp³-hybridized carbons (Fsp3) is 0.750. The van der Waals surface area contributed by atoms with Gasteiger partial charge in [-0.2, -0.15) is 0 Å². The first kappa shape index (κ1) is 13.8. The molecule has 106 valence electrons. The Kier molecular flexibility index (Phi) is 3.75. The van der Waals surface area contributed by atoms with Crippen LogP contribution in [0.25, 0.3) is 0 Å². The third-order valence-electron chi connectivity index (χ3n) is 3.98. The molecule has 0 atom stereocenters. The molecule has 3 amide bonds. The molecule has 7 nitrogen and oxygen atoms in total. The molecule has 19 heavy (non-hydrogen) atoms. The van der Waals surface area contributed by atoms with Crippen LogP contribution in [0.5, 0.6) is 0 Å². The van der Waals surface area contributed by atoms with Crippen LogP contribution in [-0.4, -0.2) is 41.8 Å². The molecular formula is C12H20N4O3. The zero-order chi connectivity index (χ0) is 14.0. The summed E-state index contributed by atoms with van der Waals surface area (Å²) in [5.74, 6) is -0.541. The molecule has 2 aliphatic rings. The van der Waals surface area contributed by atoms with Gasteiger partial charge in [0.05, 0.1) is 12.0 Å². The Hall–Kier alpha value is -1.63. The second kappa shape index (κ2) is 5.16. The minimum absolute atomic E-state index is 0.0220. The Morgan fingerprint density at radius 2 is 2.05 bits per heavy atom. The maximum Gasteiger partial charge on any atom is 0.237 e. The molecule has 1 heterocycles. The van der Waals surface area contributed by atoms with Gasteiger partial charge in [0.1, 0.15) is 0 Å². The van der Waals surface area contributed by atoms with Crippen LogP contribution in [0.4, 0.5) is 0 Å². The van der Waals surface area contributed by atoms with Crippen molar-refractivity contribution in [3.63, 3.8) is 0 Å². The standard InChI is InChI=1S/C12H20N4O3/c1-8(17)14-15-9-2-4-12(5-3-9)7-16(11(12)19)6-10(13)18/h9,15H,2-7H2,1H3,(H2,13,18)(H,14,17). The molecular weight excluding hydrogens is 248 g/mol. The van der Waals surface area contributed by atoms with Gasteiger partial charge >= 0.3 is 0 Å². The smallest absolute Gasteiger partial charge is 0.237 e. The molecule has 1 aliphatic carbocycles. The fourth-order valence-electron chi connectivity index (χ4n) is 2.96. The van der Waals surface area contributed by atoms with Crippen molar-refractivity contribution in [3.05, 3.63) is 0 Å². The molecule has 0 bridgehead atoms. The highest BCUT2D eigenvalue weighted by Gasteiger charge is 2.53. The van der Waals surface area contributed by atoms with Crippen molar-refractivity contribution in [2.75, 3.05) is 13.1 Å². The van der Waals surface area contributed by atoms with Crippen molar-refractivity contribution in [2.45, 2.75) is 38.6 Å². The quantitative estimate of drug-likeness (QED) is 0.444. The van der Waals surface area contributed by atoms with Crippen LogP contribution >= 0.6 is 0 Å². The average Bonchev–Trinajstić information content (AvgIpc) is 2.36. The van der Waals surface area contributed by atoms with Gasteiger partial charge in [-0.3, -0.25) is 19.8 Å². The number of carbonyl (C=O) groups excluding carboxylic acids is 3. The highest BCUT2D eigenvalue weighted by Crippen LogP contribution is 2.44. The highest BCUT2D eigenvalue weighted by atomic mass is 16.2. The highest BCUT2D eigenvalue weighted by molar-refractivity contribution is 5.92. The zero-order valence-corrected chi connectivity index (χ0v) is 11.1. The van der Waals surface area contributed by atoms with Crippen LogP contribution in [0.2, 0.25) is 0 Å². The van der Waals surface area contributed by atoms with Gasteiger partial charge in [0, 0.05) is 19.5 Å². The predicted octanol–water partition coefficient (Wildman–Crippen LogP) is -1.12. The summed E-state index contributed by atoms with van der Waals surface area (Å²) >= 11 is 0. The first-order chi connectivity index (χ1) is 8.93. The van der Waals surface area contributed by atoms with Gasteiger partial charge in [-0.15, -0.1) is 0 Å². The molecule has 0 aromatic rings. The molecule has 2 fully saturated rings. The van der Waals surface area contributed by atoms with Crippen LogP contribution in [-0.2, 0) is 14.4 Å². The number of primary amides is 1. The molecule has 2 rings (SSSR count). The maximum absolute atomic E-state index is 12.1. The minimum atomic E-state index is -0.468. The number of β-lactam (4-membered cyclic amide) rings is 1. The molecule has 0 aromatic carbocycles. The number of hydrogen-bond acceptors (Lipinski definition) is 4. The topological polar surface area (TPSA) is 105 Å². The fourth-order valence-corrected chi connectivity index (χ4v) is 2.96. The number of carbonyl (C=O) groups is 3. The lowest BCUT2D eigenvalue weighted by Crippen LogP contribution is -2.64. The molecule has 0 aromatic heterocycles. The van der Waals surface area contributed by atoms with Gasteiger partial charge in [0.15, 0.2) is 0 Å². The summed E-state index contributed by atoms with van der Waals surface area (Å²) in [7, 11) is 0. The normalized spacial score (nSPS) is 30.1. The largest absolute Gasteiger partial charge is 0.368 e. The summed E-state index contributed by atoms with van der Waals surface area (Å²) in [5, 5.41) is 0. The van der Waals surface area contributed by atoms with Crippen molar-refractivity contribution >= 4 is 17.7 Å². The number of hydrogen-bond donors (Lipinski definition) is 3. The van der Waals surface area contributed by atoms with Crippen LogP contribution in [0.1, 0.15) is 32.6 Å². The summed E-state index contributed by atoms with van der Waals surface area (Å²) in [6, 6.07) is 0.215. The molecule has 1 saturated carbocycles. The zero-order valence-electron chi connectivity index (χ0n) is 11.1. The van der Waals surface area contributed by atoms with E-state index in [1.54, 1.807) is 0 Å². The van der Waals surface area contributed by atoms with E-state index >= 15 is 0 Å². The number of nitrogens with zero attached hydrogens (tertiary/aromatic N) is 1. The lowest BCUT2D eigenvalue weighted by Gasteiger charge is -2.51. The van der Waals surface area contributed by atoms with E-state index in [2.05, 4.69) is 10.9 Å². The van der Waals surface area contributed by atoms with E-state index in [0.29, 0.717) is 6.54 Å². The van der Waals surface area contributed by atoms with E-state index in [4.69, 9.17) is 5.73 Å². The Morgan fingerprint density at radius 1 is 1.42 bits per heavy atom. The molecule has 1 aliphatic heterocycles. The van der Waals surface area contributed by atoms with Crippen molar-refractivity contribution in [3.8, 4) is 0 Å². The molecule has 1 spiro atoms. The molecule has 1 saturated heterocycles. The summed E-state index contributed by atoms with van der Waals surface area (Å²) in [6.45, 7) is 2.10. The molecule has 4 N–H and O–H groups in total. The second-order valence-electron chi connectivity index (χ2n) is 5.51. The van der Waals surface area contributed by atoms with Gasteiger partial charge in [0.2, 0.25) is 17.7 Å². The van der Waals surface area contributed by atoms with Gasteiger partial charge in [-0.1, -0.05) is 0 Å². The van der Waals surface area contributed by atoms with Gasteiger partial charge in [0.25, 0.3) is 0 Å². The summed E-state index contributed by atoms with van der Waals surface area (Å²) < 4.78 is 0. The number of nitrogens with one attached hydrogen (secondary N) is 2. The van der Waals surface area contributed by atoms with Crippen molar-refractivity contribution in [2.24, 2.45) is 11.1 Å². The van der Waals surface area contributed by atoms with E-state index in [-0.39, 0.29) is 29.8 Å². The van der Waals surface area contributed by atoms with Crippen molar-refractivity contribution < 1.29 is 14.4 Å². The Balaban J connectivity index is 1.79. The lowest BCUT2D eigenvalue weighted by molar-refractivity contribution is -0.165.